The molecule has 150 valence electrons. The van der Waals surface area contributed by atoms with Crippen LogP contribution in [0.5, 0.6) is 5.75 Å². The van der Waals surface area contributed by atoms with Gasteiger partial charge < -0.3 is 14.5 Å². The summed E-state index contributed by atoms with van der Waals surface area (Å²) < 4.78 is 7.00. The number of rotatable bonds is 4. The molecule has 0 N–H and O–H groups in total. The van der Waals surface area contributed by atoms with Gasteiger partial charge in [0.25, 0.3) is 5.91 Å². The maximum atomic E-state index is 13.3. The standard InChI is InChI=1S/C21H22ClN5O2/c1-15-20(27(24-23-15)18-5-3-4-6-19(18)29-2)21(28)26-13-11-25(12-14-26)17-9-7-16(22)8-10-17/h3-10H,11-14H2,1-2H3. The molecule has 0 spiro atoms. The lowest BCUT2D eigenvalue weighted by Gasteiger charge is -2.36. The Morgan fingerprint density at radius 3 is 2.41 bits per heavy atom. The van der Waals surface area contributed by atoms with Gasteiger partial charge in [-0.15, -0.1) is 5.10 Å². The zero-order valence-electron chi connectivity index (χ0n) is 16.4. The van der Waals surface area contributed by atoms with Crippen LogP contribution in [0.15, 0.2) is 48.5 Å². The SMILES string of the molecule is COc1ccccc1-n1nnc(C)c1C(=O)N1CCN(c2ccc(Cl)cc2)CC1. The molecule has 1 fully saturated rings. The predicted molar refractivity (Wildman–Crippen MR) is 112 cm³/mol. The van der Waals surface area contributed by atoms with Crippen LogP contribution >= 0.6 is 11.6 Å². The Hall–Kier alpha value is -3.06. The summed E-state index contributed by atoms with van der Waals surface area (Å²) in [6.07, 6.45) is 0. The maximum absolute atomic E-state index is 13.3. The third-order valence-corrected chi connectivity index (χ3v) is 5.37. The van der Waals surface area contributed by atoms with Gasteiger partial charge in [-0.25, -0.2) is 4.68 Å². The van der Waals surface area contributed by atoms with E-state index in [0.29, 0.717) is 35.9 Å². The third kappa shape index (κ3) is 3.78. The van der Waals surface area contributed by atoms with Crippen molar-refractivity contribution in [1.29, 1.82) is 0 Å². The number of hydrogen-bond acceptors (Lipinski definition) is 5. The summed E-state index contributed by atoms with van der Waals surface area (Å²) in [7, 11) is 1.60. The molecule has 2 aromatic carbocycles. The second-order valence-corrected chi connectivity index (χ2v) is 7.30. The fraction of sp³-hybridized carbons (Fsp3) is 0.286. The summed E-state index contributed by atoms with van der Waals surface area (Å²) in [6, 6.07) is 15.2. The van der Waals surface area contributed by atoms with Crippen molar-refractivity contribution < 1.29 is 9.53 Å². The van der Waals surface area contributed by atoms with Crippen LogP contribution in [0.3, 0.4) is 0 Å². The molecule has 1 aliphatic heterocycles. The Balaban J connectivity index is 1.54. The minimum absolute atomic E-state index is 0.0748. The molecule has 2 heterocycles. The molecule has 1 saturated heterocycles. The highest BCUT2D eigenvalue weighted by Gasteiger charge is 2.28. The number of amides is 1. The van der Waals surface area contributed by atoms with Crippen LogP contribution < -0.4 is 9.64 Å². The molecule has 1 aromatic heterocycles. The average Bonchev–Trinajstić information content (AvgIpc) is 3.15. The van der Waals surface area contributed by atoms with Crippen molar-refractivity contribution in [1.82, 2.24) is 19.9 Å². The topological polar surface area (TPSA) is 63.5 Å². The Morgan fingerprint density at radius 1 is 1.03 bits per heavy atom. The van der Waals surface area contributed by atoms with Crippen LogP contribution in [0.2, 0.25) is 5.02 Å². The van der Waals surface area contributed by atoms with Crippen LogP contribution in [-0.4, -0.2) is 59.1 Å². The summed E-state index contributed by atoms with van der Waals surface area (Å²) in [5.74, 6) is 0.563. The molecule has 7 nitrogen and oxygen atoms in total. The number of methoxy groups -OCH3 is 1. The van der Waals surface area contributed by atoms with E-state index < -0.39 is 0 Å². The minimum atomic E-state index is -0.0748. The van der Waals surface area contributed by atoms with Gasteiger partial charge in [0.05, 0.1) is 12.8 Å². The number of carbonyl (C=O) groups excluding carboxylic acids is 1. The number of ether oxygens (including phenoxy) is 1. The minimum Gasteiger partial charge on any atom is -0.494 e. The summed E-state index contributed by atoms with van der Waals surface area (Å²) >= 11 is 5.98. The van der Waals surface area contributed by atoms with Gasteiger partial charge in [-0.05, 0) is 43.3 Å². The number of halogens is 1. The van der Waals surface area contributed by atoms with E-state index in [1.165, 1.54) is 0 Å². The zero-order chi connectivity index (χ0) is 20.4. The van der Waals surface area contributed by atoms with Gasteiger partial charge in [-0.2, -0.15) is 0 Å². The summed E-state index contributed by atoms with van der Waals surface area (Å²) in [5, 5.41) is 9.06. The largest absolute Gasteiger partial charge is 0.494 e. The Bertz CT molecular complexity index is 1010. The van der Waals surface area contributed by atoms with Crippen molar-refractivity contribution in [2.45, 2.75) is 6.92 Å². The molecular formula is C21H22ClN5O2. The molecule has 0 aliphatic carbocycles. The molecule has 0 atom stereocenters. The normalized spacial score (nSPS) is 14.2. The van der Waals surface area contributed by atoms with E-state index in [1.807, 2.05) is 53.4 Å². The number of nitrogens with zero attached hydrogens (tertiary/aromatic N) is 5. The van der Waals surface area contributed by atoms with Gasteiger partial charge in [0.1, 0.15) is 11.4 Å². The van der Waals surface area contributed by atoms with Crippen molar-refractivity contribution in [3.05, 3.63) is 64.9 Å². The number of anilines is 1. The van der Waals surface area contributed by atoms with Gasteiger partial charge in [0, 0.05) is 36.9 Å². The van der Waals surface area contributed by atoms with Crippen LogP contribution in [0, 0.1) is 6.92 Å². The van der Waals surface area contributed by atoms with Crippen LogP contribution in [0.1, 0.15) is 16.2 Å². The molecule has 0 bridgehead atoms. The second kappa shape index (κ2) is 8.13. The number of benzene rings is 2. The highest BCUT2D eigenvalue weighted by atomic mass is 35.5. The maximum Gasteiger partial charge on any atom is 0.274 e. The van der Waals surface area contributed by atoms with Gasteiger partial charge in [-0.3, -0.25) is 4.79 Å². The van der Waals surface area contributed by atoms with Crippen LogP contribution in [0.4, 0.5) is 5.69 Å². The monoisotopic (exact) mass is 411 g/mol. The molecule has 29 heavy (non-hydrogen) atoms. The third-order valence-electron chi connectivity index (χ3n) is 5.11. The molecule has 1 aliphatic rings. The number of carbonyl (C=O) groups is 1. The number of hydrogen-bond donors (Lipinski definition) is 0. The van der Waals surface area contributed by atoms with Gasteiger partial charge >= 0.3 is 0 Å². The van der Waals surface area contributed by atoms with E-state index in [-0.39, 0.29) is 5.91 Å². The highest BCUT2D eigenvalue weighted by Crippen LogP contribution is 2.25. The molecular weight excluding hydrogens is 390 g/mol. The van der Waals surface area contributed by atoms with Crippen molar-refractivity contribution in [2.24, 2.45) is 0 Å². The Kier molecular flexibility index (Phi) is 5.40. The zero-order valence-corrected chi connectivity index (χ0v) is 17.1. The Labute approximate surface area is 174 Å². The van der Waals surface area contributed by atoms with Crippen molar-refractivity contribution in [2.75, 3.05) is 38.2 Å². The van der Waals surface area contributed by atoms with Crippen molar-refractivity contribution in [3.63, 3.8) is 0 Å². The summed E-state index contributed by atoms with van der Waals surface area (Å²) in [4.78, 5) is 17.4. The van der Waals surface area contributed by atoms with Crippen LogP contribution in [-0.2, 0) is 0 Å². The van der Waals surface area contributed by atoms with E-state index in [4.69, 9.17) is 16.3 Å². The number of piperazine rings is 1. The molecule has 0 unspecified atom stereocenters. The molecule has 0 saturated carbocycles. The van der Waals surface area contributed by atoms with E-state index in [9.17, 15) is 4.79 Å². The first-order chi connectivity index (χ1) is 14.1. The fourth-order valence-corrected chi connectivity index (χ4v) is 3.67. The number of aromatic nitrogens is 3. The van der Waals surface area contributed by atoms with E-state index >= 15 is 0 Å². The van der Waals surface area contributed by atoms with E-state index in [2.05, 4.69) is 15.2 Å². The lowest BCUT2D eigenvalue weighted by Crippen LogP contribution is -2.49. The quantitative estimate of drug-likeness (QED) is 0.659. The van der Waals surface area contributed by atoms with Crippen molar-refractivity contribution >= 4 is 23.2 Å². The smallest absolute Gasteiger partial charge is 0.274 e. The number of aryl methyl sites for hydroxylation is 1. The predicted octanol–water partition coefficient (Wildman–Crippen LogP) is 3.20. The van der Waals surface area contributed by atoms with Gasteiger partial charge in [0.2, 0.25) is 0 Å². The van der Waals surface area contributed by atoms with Gasteiger partial charge in [-0.1, -0.05) is 28.9 Å². The highest BCUT2D eigenvalue weighted by molar-refractivity contribution is 6.30. The first kappa shape index (κ1) is 19.3. The van der Waals surface area contributed by atoms with Crippen LogP contribution in [0.25, 0.3) is 5.69 Å². The summed E-state index contributed by atoms with van der Waals surface area (Å²) in [6.45, 7) is 4.55. The lowest BCUT2D eigenvalue weighted by atomic mass is 10.2. The fourth-order valence-electron chi connectivity index (χ4n) is 3.55. The Morgan fingerprint density at radius 2 is 1.72 bits per heavy atom. The molecule has 4 rings (SSSR count). The first-order valence-corrected chi connectivity index (χ1v) is 9.82. The van der Waals surface area contributed by atoms with E-state index in [1.54, 1.807) is 18.7 Å². The average molecular weight is 412 g/mol. The number of para-hydroxylation sites is 2. The molecule has 0 radical (unpaired) electrons. The molecule has 8 heteroatoms. The second-order valence-electron chi connectivity index (χ2n) is 6.86. The summed E-state index contributed by atoms with van der Waals surface area (Å²) in [5.41, 5.74) is 2.87. The lowest BCUT2D eigenvalue weighted by molar-refractivity contribution is 0.0736. The van der Waals surface area contributed by atoms with E-state index in [0.717, 1.165) is 23.8 Å². The molecule has 3 aromatic rings. The van der Waals surface area contributed by atoms with Gasteiger partial charge in [0.15, 0.2) is 5.69 Å². The van der Waals surface area contributed by atoms with Crippen molar-refractivity contribution in [3.8, 4) is 11.4 Å². The first-order valence-electron chi connectivity index (χ1n) is 9.44. The molecule has 1 amide bonds.